The molecular weight excluding hydrogens is 386 g/mol. The van der Waals surface area contributed by atoms with Crippen molar-refractivity contribution in [3.63, 3.8) is 0 Å². The van der Waals surface area contributed by atoms with Crippen molar-refractivity contribution in [2.75, 3.05) is 25.2 Å². The lowest BCUT2D eigenvalue weighted by atomic mass is 10.1. The third-order valence-electron chi connectivity index (χ3n) is 5.48. The molecule has 31 heavy (non-hydrogen) atoms. The van der Waals surface area contributed by atoms with Crippen LogP contribution in [0.15, 0.2) is 85.1 Å². The second-order valence-electron chi connectivity index (χ2n) is 7.69. The first-order valence-electron chi connectivity index (χ1n) is 10.6. The van der Waals surface area contributed by atoms with Gasteiger partial charge in [-0.1, -0.05) is 60.7 Å². The smallest absolute Gasteiger partial charge is 0.231 e. The van der Waals surface area contributed by atoms with Gasteiger partial charge in [-0.05, 0) is 23.3 Å². The van der Waals surface area contributed by atoms with Gasteiger partial charge in [0.1, 0.15) is 0 Å². The first kappa shape index (κ1) is 19.4. The second kappa shape index (κ2) is 9.06. The molecule has 0 saturated carbocycles. The van der Waals surface area contributed by atoms with Crippen molar-refractivity contribution in [2.45, 2.75) is 13.1 Å². The van der Waals surface area contributed by atoms with Crippen LogP contribution >= 0.6 is 0 Å². The van der Waals surface area contributed by atoms with E-state index >= 15 is 0 Å². The van der Waals surface area contributed by atoms with E-state index in [1.807, 2.05) is 24.4 Å². The first-order chi connectivity index (χ1) is 15.3. The minimum atomic E-state index is 0.266. The molecule has 156 valence electrons. The second-order valence-corrected chi connectivity index (χ2v) is 7.69. The highest BCUT2D eigenvalue weighted by Gasteiger charge is 2.16. The van der Waals surface area contributed by atoms with Gasteiger partial charge in [-0.15, -0.1) is 0 Å². The van der Waals surface area contributed by atoms with Gasteiger partial charge in [-0.25, -0.2) is 0 Å². The van der Waals surface area contributed by atoms with E-state index in [1.54, 1.807) is 0 Å². The standard InChI is InChI=1S/C26H25N3O2/c1-3-7-20(8-4-1)17-29(18-21-9-5-2-6-10-21)14-13-28-23-11-12-27-24-16-26-25(15-22(23)24)30-19-31-26/h1-12,15-16H,13-14,17-19H2,(H,27,28). The molecule has 1 aromatic heterocycles. The number of rotatable bonds is 8. The zero-order valence-corrected chi connectivity index (χ0v) is 17.3. The van der Waals surface area contributed by atoms with E-state index in [4.69, 9.17) is 9.47 Å². The molecule has 5 nitrogen and oxygen atoms in total. The van der Waals surface area contributed by atoms with Crippen LogP contribution in [0.25, 0.3) is 10.9 Å². The molecule has 4 aromatic rings. The van der Waals surface area contributed by atoms with Crippen LogP contribution in [0.3, 0.4) is 0 Å². The van der Waals surface area contributed by atoms with Crippen molar-refractivity contribution in [3.05, 3.63) is 96.2 Å². The Kier molecular flexibility index (Phi) is 5.67. The summed E-state index contributed by atoms with van der Waals surface area (Å²) in [6.45, 7) is 3.83. The van der Waals surface area contributed by atoms with Crippen molar-refractivity contribution in [2.24, 2.45) is 0 Å². The summed E-state index contributed by atoms with van der Waals surface area (Å²) in [6, 6.07) is 27.2. The van der Waals surface area contributed by atoms with Gasteiger partial charge >= 0.3 is 0 Å². The number of nitrogens with one attached hydrogen (secondary N) is 1. The number of nitrogens with zero attached hydrogens (tertiary/aromatic N) is 2. The summed E-state index contributed by atoms with van der Waals surface area (Å²) in [5.41, 5.74) is 4.60. The topological polar surface area (TPSA) is 46.6 Å². The molecule has 0 amide bonds. The van der Waals surface area contributed by atoms with Crippen LogP contribution in [0.4, 0.5) is 5.69 Å². The van der Waals surface area contributed by atoms with Gasteiger partial charge in [-0.3, -0.25) is 9.88 Å². The molecule has 5 rings (SSSR count). The van der Waals surface area contributed by atoms with Gasteiger partial charge in [0.15, 0.2) is 11.5 Å². The van der Waals surface area contributed by atoms with Crippen LogP contribution in [-0.4, -0.2) is 29.8 Å². The van der Waals surface area contributed by atoms with E-state index in [2.05, 4.69) is 75.9 Å². The summed E-state index contributed by atoms with van der Waals surface area (Å²) in [4.78, 5) is 6.96. The molecule has 0 unspecified atom stereocenters. The maximum absolute atomic E-state index is 5.55. The molecule has 3 aromatic carbocycles. The largest absolute Gasteiger partial charge is 0.454 e. The van der Waals surface area contributed by atoms with Gasteiger partial charge in [0, 0.05) is 49.5 Å². The van der Waals surface area contributed by atoms with E-state index in [0.29, 0.717) is 0 Å². The van der Waals surface area contributed by atoms with Crippen LogP contribution in [0.1, 0.15) is 11.1 Å². The molecule has 0 bridgehead atoms. The van der Waals surface area contributed by atoms with Gasteiger partial charge in [0.2, 0.25) is 6.79 Å². The summed E-state index contributed by atoms with van der Waals surface area (Å²) in [5.74, 6) is 1.53. The highest BCUT2D eigenvalue weighted by atomic mass is 16.7. The Hall–Kier alpha value is -3.57. The number of pyridine rings is 1. The summed E-state index contributed by atoms with van der Waals surface area (Å²) in [7, 11) is 0. The van der Waals surface area contributed by atoms with Crippen LogP contribution in [0, 0.1) is 0 Å². The Morgan fingerprint density at radius 3 is 2.13 bits per heavy atom. The molecule has 5 heteroatoms. The zero-order chi connectivity index (χ0) is 20.9. The number of anilines is 1. The van der Waals surface area contributed by atoms with Crippen molar-refractivity contribution in [3.8, 4) is 11.5 Å². The lowest BCUT2D eigenvalue weighted by Gasteiger charge is -2.23. The molecule has 1 N–H and O–H groups in total. The van der Waals surface area contributed by atoms with Crippen LogP contribution in [-0.2, 0) is 13.1 Å². The average Bonchev–Trinajstić information content (AvgIpc) is 3.26. The molecule has 0 aliphatic carbocycles. The molecule has 1 aliphatic heterocycles. The van der Waals surface area contributed by atoms with E-state index in [1.165, 1.54) is 11.1 Å². The van der Waals surface area contributed by atoms with Crippen molar-refractivity contribution < 1.29 is 9.47 Å². The fourth-order valence-corrected chi connectivity index (χ4v) is 3.94. The number of ether oxygens (including phenoxy) is 2. The first-order valence-corrected chi connectivity index (χ1v) is 10.6. The lowest BCUT2D eigenvalue weighted by Crippen LogP contribution is -2.28. The molecule has 0 fully saturated rings. The third kappa shape index (κ3) is 4.62. The van der Waals surface area contributed by atoms with Gasteiger partial charge in [-0.2, -0.15) is 0 Å². The van der Waals surface area contributed by atoms with Crippen LogP contribution in [0.5, 0.6) is 11.5 Å². The summed E-state index contributed by atoms with van der Waals surface area (Å²) >= 11 is 0. The quantitative estimate of drug-likeness (QED) is 0.438. The van der Waals surface area contributed by atoms with Crippen LogP contribution in [0.2, 0.25) is 0 Å². The van der Waals surface area contributed by atoms with E-state index in [0.717, 1.165) is 54.3 Å². The number of hydrogen-bond donors (Lipinski definition) is 1. The molecule has 0 atom stereocenters. The number of fused-ring (bicyclic) bond motifs is 2. The molecule has 0 radical (unpaired) electrons. The van der Waals surface area contributed by atoms with E-state index < -0.39 is 0 Å². The maximum Gasteiger partial charge on any atom is 0.231 e. The van der Waals surface area contributed by atoms with Crippen molar-refractivity contribution in [1.29, 1.82) is 0 Å². The highest BCUT2D eigenvalue weighted by molar-refractivity contribution is 5.93. The van der Waals surface area contributed by atoms with Gasteiger partial charge in [0.25, 0.3) is 0 Å². The summed E-state index contributed by atoms with van der Waals surface area (Å²) in [5, 5.41) is 4.65. The maximum atomic E-state index is 5.55. The Morgan fingerprint density at radius 2 is 1.45 bits per heavy atom. The minimum Gasteiger partial charge on any atom is -0.454 e. The Balaban J connectivity index is 1.30. The molecule has 2 heterocycles. The Bertz CT molecular complexity index is 1110. The number of hydrogen-bond acceptors (Lipinski definition) is 5. The van der Waals surface area contributed by atoms with Gasteiger partial charge in [0.05, 0.1) is 5.52 Å². The lowest BCUT2D eigenvalue weighted by molar-refractivity contribution is 0.174. The average molecular weight is 412 g/mol. The monoisotopic (exact) mass is 411 g/mol. The number of aromatic nitrogens is 1. The van der Waals surface area contributed by atoms with E-state index in [9.17, 15) is 0 Å². The summed E-state index contributed by atoms with van der Waals surface area (Å²) < 4.78 is 11.0. The Labute approximate surface area is 182 Å². The van der Waals surface area contributed by atoms with Crippen molar-refractivity contribution >= 4 is 16.6 Å². The predicted octanol–water partition coefficient (Wildman–Crippen LogP) is 5.08. The Morgan fingerprint density at radius 1 is 0.806 bits per heavy atom. The predicted molar refractivity (Wildman–Crippen MR) is 123 cm³/mol. The fourth-order valence-electron chi connectivity index (χ4n) is 3.94. The minimum absolute atomic E-state index is 0.266. The van der Waals surface area contributed by atoms with Gasteiger partial charge < -0.3 is 14.8 Å². The zero-order valence-electron chi connectivity index (χ0n) is 17.3. The van der Waals surface area contributed by atoms with Crippen molar-refractivity contribution in [1.82, 2.24) is 9.88 Å². The van der Waals surface area contributed by atoms with E-state index in [-0.39, 0.29) is 6.79 Å². The third-order valence-corrected chi connectivity index (χ3v) is 5.48. The molecule has 0 saturated heterocycles. The summed E-state index contributed by atoms with van der Waals surface area (Å²) in [6.07, 6.45) is 1.83. The fraction of sp³-hybridized carbons (Fsp3) is 0.192. The van der Waals surface area contributed by atoms with Crippen LogP contribution < -0.4 is 14.8 Å². The number of benzene rings is 3. The SMILES string of the molecule is c1ccc(CN(CCNc2ccnc3cc4c(cc23)OCO4)Cc2ccccc2)cc1. The molecule has 1 aliphatic rings. The molecular formula is C26H25N3O2. The normalized spacial score (nSPS) is 12.4. The highest BCUT2D eigenvalue weighted by Crippen LogP contribution is 2.37. The molecule has 0 spiro atoms.